The smallest absolute Gasteiger partial charge is 0.340 e. The maximum absolute atomic E-state index is 13.0. The molecule has 2 N–H and O–H groups in total. The number of nitrogens with one attached hydrogen (secondary N) is 2. The summed E-state index contributed by atoms with van der Waals surface area (Å²) in [7, 11) is -3.93. The fourth-order valence-electron chi connectivity index (χ4n) is 2.79. The number of sulfonamides is 1. The summed E-state index contributed by atoms with van der Waals surface area (Å²) >= 11 is 0. The lowest BCUT2D eigenvalue weighted by molar-refractivity contribution is -0.144. The lowest BCUT2D eigenvalue weighted by Gasteiger charge is -2.11. The van der Waals surface area contributed by atoms with E-state index in [0.717, 1.165) is 16.6 Å². The van der Waals surface area contributed by atoms with Crippen molar-refractivity contribution in [1.82, 2.24) is 19.6 Å². The number of fused-ring (bicyclic) bond motifs is 1. The van der Waals surface area contributed by atoms with Crippen molar-refractivity contribution in [1.29, 1.82) is 0 Å². The van der Waals surface area contributed by atoms with Crippen molar-refractivity contribution in [2.24, 2.45) is 0 Å². The molecule has 2 aromatic carbocycles. The molecule has 0 amide bonds. The zero-order valence-electron chi connectivity index (χ0n) is 16.6. The van der Waals surface area contributed by atoms with Crippen LogP contribution in [0.1, 0.15) is 11.5 Å². The number of aromatic nitrogens is 4. The summed E-state index contributed by atoms with van der Waals surface area (Å²) in [5.41, 5.74) is 0.986. The maximum Gasteiger partial charge on any atom is 0.453 e. The largest absolute Gasteiger partial charge is 0.453 e. The first-order valence-electron chi connectivity index (χ1n) is 8.98. The van der Waals surface area contributed by atoms with E-state index < -0.39 is 27.8 Å². The fourth-order valence-corrected chi connectivity index (χ4v) is 3.85. The van der Waals surface area contributed by atoms with Crippen LogP contribution >= 0.6 is 12.4 Å². The highest BCUT2D eigenvalue weighted by molar-refractivity contribution is 7.92. The summed E-state index contributed by atoms with van der Waals surface area (Å²) in [5.74, 6) is -1.90. The molecule has 0 bridgehead atoms. The molecule has 174 valence electrons. The van der Waals surface area contributed by atoms with E-state index in [1.54, 1.807) is 6.92 Å². The van der Waals surface area contributed by atoms with Gasteiger partial charge in [0.1, 0.15) is 11.6 Å². The fraction of sp³-hybridized carbons (Fsp3) is 0.105. The van der Waals surface area contributed by atoms with Crippen LogP contribution in [-0.4, -0.2) is 28.0 Å². The minimum Gasteiger partial charge on any atom is -0.340 e. The minimum atomic E-state index is -4.73. The highest BCUT2D eigenvalue weighted by Gasteiger charge is 2.36. The molecule has 0 aliphatic heterocycles. The van der Waals surface area contributed by atoms with Crippen LogP contribution in [0.3, 0.4) is 0 Å². The van der Waals surface area contributed by atoms with E-state index in [0.29, 0.717) is 11.4 Å². The van der Waals surface area contributed by atoms with Gasteiger partial charge in [0.25, 0.3) is 21.6 Å². The highest BCUT2D eigenvalue weighted by atomic mass is 35.5. The molecular weight excluding hydrogens is 488 g/mol. The molecule has 33 heavy (non-hydrogen) atoms. The average Bonchev–Trinajstić information content (AvgIpc) is 3.15. The lowest BCUT2D eigenvalue weighted by Crippen LogP contribution is -2.13. The van der Waals surface area contributed by atoms with Crippen LogP contribution in [-0.2, 0) is 16.2 Å². The van der Waals surface area contributed by atoms with Crippen molar-refractivity contribution in [2.45, 2.75) is 18.0 Å². The van der Waals surface area contributed by atoms with Gasteiger partial charge in [0.15, 0.2) is 0 Å². The molecule has 2 heterocycles. The molecule has 0 unspecified atom stereocenters. The second-order valence-corrected chi connectivity index (χ2v) is 8.37. The Hall–Kier alpha value is -3.45. The van der Waals surface area contributed by atoms with Gasteiger partial charge in [0.2, 0.25) is 0 Å². The van der Waals surface area contributed by atoms with Crippen LogP contribution in [0, 0.1) is 12.7 Å². The number of halogens is 5. The third kappa shape index (κ3) is 5.31. The van der Waals surface area contributed by atoms with Gasteiger partial charge < -0.3 is 5.32 Å². The van der Waals surface area contributed by atoms with Crippen molar-refractivity contribution in [3.63, 3.8) is 0 Å². The first kappa shape index (κ1) is 24.2. The maximum atomic E-state index is 13.0. The minimum absolute atomic E-state index is 0. The van der Waals surface area contributed by atoms with Gasteiger partial charge >= 0.3 is 6.18 Å². The van der Waals surface area contributed by atoms with E-state index >= 15 is 0 Å². The molecule has 0 saturated heterocycles. The van der Waals surface area contributed by atoms with E-state index in [9.17, 15) is 26.0 Å². The predicted octanol–water partition coefficient (Wildman–Crippen LogP) is 4.56. The van der Waals surface area contributed by atoms with Gasteiger partial charge in [-0.3, -0.25) is 4.72 Å². The Labute approximate surface area is 191 Å². The number of hydrogen-bond donors (Lipinski definition) is 2. The van der Waals surface area contributed by atoms with Crippen molar-refractivity contribution < 1.29 is 26.0 Å². The average molecular weight is 503 g/mol. The zero-order valence-corrected chi connectivity index (χ0v) is 18.3. The van der Waals surface area contributed by atoms with Crippen LogP contribution in [0.5, 0.6) is 0 Å². The van der Waals surface area contributed by atoms with Crippen molar-refractivity contribution >= 4 is 45.4 Å². The van der Waals surface area contributed by atoms with Gasteiger partial charge in [-0.2, -0.15) is 22.7 Å². The summed E-state index contributed by atoms with van der Waals surface area (Å²) in [6, 6.07) is 11.8. The summed E-state index contributed by atoms with van der Waals surface area (Å²) in [6.07, 6.45) is -4.73. The molecule has 0 aliphatic carbocycles. The number of anilines is 3. The van der Waals surface area contributed by atoms with Gasteiger partial charge in [-0.25, -0.2) is 17.8 Å². The summed E-state index contributed by atoms with van der Waals surface area (Å²) < 4.78 is 80.1. The first-order valence-corrected chi connectivity index (χ1v) is 10.5. The van der Waals surface area contributed by atoms with E-state index in [2.05, 4.69) is 25.1 Å². The van der Waals surface area contributed by atoms with Crippen LogP contribution in [0.15, 0.2) is 59.5 Å². The summed E-state index contributed by atoms with van der Waals surface area (Å²) in [6.45, 7) is 1.59. The molecule has 0 spiro atoms. The van der Waals surface area contributed by atoms with Gasteiger partial charge in [-0.15, -0.1) is 17.5 Å². The molecule has 2 aromatic heterocycles. The second-order valence-electron chi connectivity index (χ2n) is 6.69. The van der Waals surface area contributed by atoms with Gasteiger partial charge in [-0.1, -0.05) is 0 Å². The van der Waals surface area contributed by atoms with E-state index in [-0.39, 0.29) is 34.6 Å². The van der Waals surface area contributed by atoms with Crippen LogP contribution in [0.2, 0.25) is 0 Å². The van der Waals surface area contributed by atoms with Gasteiger partial charge in [0, 0.05) is 23.1 Å². The molecule has 4 aromatic rings. The molecule has 4 rings (SSSR count). The number of aryl methyl sites for hydroxylation is 1. The predicted molar refractivity (Wildman–Crippen MR) is 115 cm³/mol. The third-order valence-electron chi connectivity index (χ3n) is 4.23. The van der Waals surface area contributed by atoms with Crippen molar-refractivity contribution in [3.8, 4) is 0 Å². The number of nitrogens with zero attached hydrogens (tertiary/aromatic N) is 4. The molecular formula is C19H15ClF4N6O2S. The molecule has 8 nitrogen and oxygen atoms in total. The number of rotatable bonds is 5. The topological polar surface area (TPSA) is 101 Å². The Bertz CT molecular complexity index is 1390. The Morgan fingerprint density at radius 2 is 1.55 bits per heavy atom. The molecule has 0 radical (unpaired) electrons. The standard InChI is InChI=1S/C19H14F4N6O2S.ClH/c1-11-10-16(29-18(24-11)26-17(27-29)19(21,22)23)25-13-6-8-15(9-7-13)32(30,31)28-14-4-2-12(20)3-5-14;/h2-10,25,28H,1H3;1H. The van der Waals surface area contributed by atoms with E-state index in [1.807, 2.05) is 0 Å². The third-order valence-corrected chi connectivity index (χ3v) is 5.62. The van der Waals surface area contributed by atoms with Crippen LogP contribution in [0.4, 0.5) is 34.8 Å². The zero-order chi connectivity index (χ0) is 23.1. The highest BCUT2D eigenvalue weighted by Crippen LogP contribution is 2.28. The monoisotopic (exact) mass is 502 g/mol. The molecule has 14 heteroatoms. The van der Waals surface area contributed by atoms with Gasteiger partial charge in [-0.05, 0) is 55.5 Å². The Morgan fingerprint density at radius 3 is 2.15 bits per heavy atom. The Balaban J connectivity index is 0.00000306. The van der Waals surface area contributed by atoms with Crippen molar-refractivity contribution in [3.05, 3.63) is 71.9 Å². The number of hydrogen-bond acceptors (Lipinski definition) is 6. The van der Waals surface area contributed by atoms with Crippen LogP contribution < -0.4 is 10.0 Å². The number of benzene rings is 2. The first-order chi connectivity index (χ1) is 15.0. The summed E-state index contributed by atoms with van der Waals surface area (Å²) in [4.78, 5) is 7.28. The quantitative estimate of drug-likeness (QED) is 0.388. The SMILES string of the molecule is Cc1cc(Nc2ccc(S(=O)(=O)Nc3ccc(F)cc3)cc2)n2nc(C(F)(F)F)nc2n1.Cl. The molecule has 0 fully saturated rings. The van der Waals surface area contributed by atoms with Crippen LogP contribution in [0.25, 0.3) is 5.78 Å². The van der Waals surface area contributed by atoms with Crippen molar-refractivity contribution in [2.75, 3.05) is 10.0 Å². The molecule has 0 atom stereocenters. The molecule has 0 aliphatic rings. The Kier molecular flexibility index (Phi) is 6.47. The van der Waals surface area contributed by atoms with Gasteiger partial charge in [0.05, 0.1) is 4.90 Å². The normalized spacial score (nSPS) is 11.8. The number of alkyl halides is 3. The Morgan fingerprint density at radius 1 is 0.939 bits per heavy atom. The molecule has 0 saturated carbocycles. The van der Waals surface area contributed by atoms with E-state index in [1.165, 1.54) is 42.5 Å². The van der Waals surface area contributed by atoms with E-state index in [4.69, 9.17) is 0 Å². The summed E-state index contributed by atoms with van der Waals surface area (Å²) in [5, 5.41) is 6.34. The lowest BCUT2D eigenvalue weighted by atomic mass is 10.3. The second kappa shape index (κ2) is 8.83.